The van der Waals surface area contributed by atoms with Crippen LogP contribution < -0.4 is 42.6 Å². The average molecular weight is 1000 g/mol. The molecule has 0 atom stereocenters. The fraction of sp³-hybridized carbons (Fsp3) is 0.800. The molecule has 0 aliphatic heterocycles. The highest BCUT2D eigenvalue weighted by Crippen LogP contribution is 2.63. The molecule has 0 spiro atoms. The number of unbranched alkanes of at least 4 members (excludes halogenated alkanes) is 24. The second kappa shape index (κ2) is 42.7. The smallest absolute Gasteiger partial charge is 0.219 e. The molecule has 0 heterocycles. The molecule has 71 heavy (non-hydrogen) atoms. The molecule has 11 heteroatoms. The Hall–Kier alpha value is -3.76. The van der Waals surface area contributed by atoms with E-state index < -0.39 is 0 Å². The van der Waals surface area contributed by atoms with Crippen molar-refractivity contribution in [3.05, 3.63) is 0 Å². The summed E-state index contributed by atoms with van der Waals surface area (Å²) in [6, 6.07) is 0. The Kier molecular flexibility index (Phi) is 38.1. The van der Waals surface area contributed by atoms with Crippen LogP contribution in [0, 0.1) is 0 Å². The molecule has 2 rings (SSSR count). The van der Waals surface area contributed by atoms with Gasteiger partial charge in [0, 0.05) is 0 Å². The summed E-state index contributed by atoms with van der Waals surface area (Å²) >= 11 is 0. The highest BCUT2D eigenvalue weighted by Gasteiger charge is 2.36. The lowest BCUT2D eigenvalue weighted by molar-refractivity contribution is 0.200. The van der Waals surface area contributed by atoms with Crippen LogP contribution in [0.4, 0.5) is 0 Å². The second-order valence-corrected chi connectivity index (χ2v) is 19.4. The van der Waals surface area contributed by atoms with Gasteiger partial charge >= 0.3 is 0 Å². The Morgan fingerprint density at radius 1 is 0.197 bits per heavy atom. The van der Waals surface area contributed by atoms with E-state index in [1.807, 2.05) is 0 Å². The number of aromatic hydroxyl groups is 2. The molecule has 0 aliphatic carbocycles. The summed E-state index contributed by atoms with van der Waals surface area (Å²) in [6.45, 7) is 20.4. The third-order valence-electron chi connectivity index (χ3n) is 12.7. The maximum absolute atomic E-state index is 12.5. The van der Waals surface area contributed by atoms with Gasteiger partial charge in [-0.2, -0.15) is 0 Å². The number of hydrogen-bond acceptors (Lipinski definition) is 11. The van der Waals surface area contributed by atoms with Gasteiger partial charge in [0.15, 0.2) is 0 Å². The van der Waals surface area contributed by atoms with Gasteiger partial charge in [-0.15, -0.1) is 0 Å². The molecule has 0 saturated heterocycles. The molecule has 11 nitrogen and oxygen atoms in total. The van der Waals surface area contributed by atoms with Crippen molar-refractivity contribution in [2.24, 2.45) is 0 Å². The molecule has 0 unspecified atom stereocenters. The summed E-state index contributed by atoms with van der Waals surface area (Å²) in [4.78, 5) is 0. The Labute approximate surface area is 434 Å². The molecule has 0 radical (unpaired) electrons. The zero-order valence-corrected chi connectivity index (χ0v) is 46.9. The minimum atomic E-state index is -0.173. The fourth-order valence-corrected chi connectivity index (χ4v) is 8.23. The predicted octanol–water partition coefficient (Wildman–Crippen LogP) is 18.6. The quantitative estimate of drug-likeness (QED) is 0.0616. The Morgan fingerprint density at radius 2 is 0.352 bits per heavy atom. The van der Waals surface area contributed by atoms with Gasteiger partial charge in [-0.3, -0.25) is 0 Å². The van der Waals surface area contributed by atoms with Crippen LogP contribution in [0.3, 0.4) is 0 Å². The first-order valence-electron chi connectivity index (χ1n) is 29.5. The van der Waals surface area contributed by atoms with E-state index in [4.69, 9.17) is 42.6 Å². The zero-order valence-electron chi connectivity index (χ0n) is 46.9. The van der Waals surface area contributed by atoms with Crippen LogP contribution in [-0.2, 0) is 0 Å². The molecule has 0 aliphatic rings. The standard InChI is InChI=1S/C60H106O11/c1-9-17-25-33-41-63-51-49(61)52(64-42-34-26-18-10-2)56(68-46-38-30-22-14-6)59(55(51)67-45-37-29-21-13-5)71-60-57(69-47-39-31-23-15-7)53(65-43-35-27-19-11-3)50(62)54(66-44-36-28-20-12-4)58(60)70-48-40-32-24-16-8/h61-62H,9-48H2,1-8H3. The van der Waals surface area contributed by atoms with E-state index in [9.17, 15) is 10.2 Å². The number of benzene rings is 2. The van der Waals surface area contributed by atoms with E-state index in [2.05, 4.69) is 55.4 Å². The lowest BCUT2D eigenvalue weighted by Gasteiger charge is -2.27. The van der Waals surface area contributed by atoms with Crippen LogP contribution in [0.1, 0.15) is 261 Å². The predicted molar refractivity (Wildman–Crippen MR) is 293 cm³/mol. The maximum atomic E-state index is 12.5. The third-order valence-corrected chi connectivity index (χ3v) is 12.7. The highest BCUT2D eigenvalue weighted by molar-refractivity contribution is 5.77. The normalized spacial score (nSPS) is 11.2. The lowest BCUT2D eigenvalue weighted by atomic mass is 10.1. The number of ether oxygens (including phenoxy) is 9. The van der Waals surface area contributed by atoms with Crippen LogP contribution in [0.5, 0.6) is 69.0 Å². The van der Waals surface area contributed by atoms with Crippen molar-refractivity contribution < 1.29 is 52.8 Å². The van der Waals surface area contributed by atoms with Gasteiger partial charge in [-0.1, -0.05) is 209 Å². The van der Waals surface area contributed by atoms with Crippen molar-refractivity contribution in [2.75, 3.05) is 52.9 Å². The van der Waals surface area contributed by atoms with Crippen molar-refractivity contribution in [2.45, 2.75) is 261 Å². The van der Waals surface area contributed by atoms with Crippen molar-refractivity contribution in [3.8, 4) is 69.0 Å². The number of phenols is 2. The molecule has 0 fully saturated rings. The van der Waals surface area contributed by atoms with Crippen LogP contribution in [0.2, 0.25) is 0 Å². The first kappa shape index (κ1) is 63.4. The van der Waals surface area contributed by atoms with E-state index in [0.717, 1.165) is 205 Å². The Morgan fingerprint density at radius 3 is 0.507 bits per heavy atom. The molecule has 2 aromatic carbocycles. The summed E-state index contributed by atoms with van der Waals surface area (Å²) in [6.07, 6.45) is 31.5. The van der Waals surface area contributed by atoms with Crippen LogP contribution in [0.25, 0.3) is 0 Å². The molecule has 0 bridgehead atoms. The van der Waals surface area contributed by atoms with E-state index in [-0.39, 0.29) is 69.0 Å². The molecule has 0 amide bonds. The second-order valence-electron chi connectivity index (χ2n) is 19.4. The van der Waals surface area contributed by atoms with E-state index in [1.165, 1.54) is 0 Å². The molecule has 2 aromatic rings. The van der Waals surface area contributed by atoms with E-state index >= 15 is 0 Å². The number of hydrogen-bond donors (Lipinski definition) is 2. The molecule has 0 aromatic heterocycles. The first-order valence-corrected chi connectivity index (χ1v) is 29.5. The molecule has 0 saturated carbocycles. The average Bonchev–Trinajstić information content (AvgIpc) is 3.37. The number of rotatable bonds is 50. The minimum absolute atomic E-state index is 0.150. The van der Waals surface area contributed by atoms with Gasteiger partial charge in [0.05, 0.1) is 52.9 Å². The van der Waals surface area contributed by atoms with Gasteiger partial charge < -0.3 is 52.8 Å². The Bertz CT molecular complexity index is 1380. The van der Waals surface area contributed by atoms with Crippen LogP contribution in [-0.4, -0.2) is 63.1 Å². The molecule has 412 valence electrons. The summed E-state index contributed by atoms with van der Waals surface area (Å²) in [7, 11) is 0. The Balaban J connectivity index is 3.23. The van der Waals surface area contributed by atoms with Crippen LogP contribution >= 0.6 is 0 Å². The van der Waals surface area contributed by atoms with E-state index in [1.54, 1.807) is 0 Å². The number of phenolic OH excluding ortho intramolecular Hbond substituents is 2. The van der Waals surface area contributed by atoms with Gasteiger partial charge in [0.25, 0.3) is 0 Å². The fourth-order valence-electron chi connectivity index (χ4n) is 8.23. The summed E-state index contributed by atoms with van der Waals surface area (Å²) < 4.78 is 61.2. The van der Waals surface area contributed by atoms with Gasteiger partial charge in [-0.05, 0) is 51.4 Å². The lowest BCUT2D eigenvalue weighted by Crippen LogP contribution is -2.12. The summed E-state index contributed by atoms with van der Waals surface area (Å²) in [5, 5.41) is 24.9. The molecular weight excluding hydrogens is 897 g/mol. The van der Waals surface area contributed by atoms with Gasteiger partial charge in [0.1, 0.15) is 0 Å². The SMILES string of the molecule is CCCCCCOc1c(O)c(OCCCCCC)c(OCCCCCC)c(Oc2c(OCCCCCC)c(OCCCCCC)c(O)c(OCCCCCC)c2OCCCCCC)c1OCCCCCC. The van der Waals surface area contributed by atoms with Crippen molar-refractivity contribution in [1.29, 1.82) is 0 Å². The third kappa shape index (κ3) is 25.2. The first-order chi connectivity index (χ1) is 34.9. The van der Waals surface area contributed by atoms with Crippen molar-refractivity contribution in [1.82, 2.24) is 0 Å². The van der Waals surface area contributed by atoms with Crippen LogP contribution in [0.15, 0.2) is 0 Å². The topological polar surface area (TPSA) is 124 Å². The zero-order chi connectivity index (χ0) is 51.6. The molecular formula is C60H106O11. The molecule has 2 N–H and O–H groups in total. The maximum Gasteiger partial charge on any atom is 0.219 e. The van der Waals surface area contributed by atoms with Gasteiger partial charge in [0.2, 0.25) is 69.0 Å². The largest absolute Gasteiger partial charge is 0.501 e. The van der Waals surface area contributed by atoms with Crippen molar-refractivity contribution in [3.63, 3.8) is 0 Å². The highest BCUT2D eigenvalue weighted by atomic mass is 16.6. The van der Waals surface area contributed by atoms with E-state index in [0.29, 0.717) is 52.9 Å². The van der Waals surface area contributed by atoms with Crippen molar-refractivity contribution >= 4 is 0 Å². The van der Waals surface area contributed by atoms with Gasteiger partial charge in [-0.25, -0.2) is 0 Å². The summed E-state index contributed by atoms with van der Waals surface area (Å²) in [5.74, 6) is 1.49. The minimum Gasteiger partial charge on any atom is -0.501 e. The monoisotopic (exact) mass is 1000 g/mol. The summed E-state index contributed by atoms with van der Waals surface area (Å²) in [5.41, 5.74) is 0.